The lowest BCUT2D eigenvalue weighted by atomic mass is 10.0. The number of allylic oxidation sites excluding steroid dienone is 28. The first-order valence-corrected chi connectivity index (χ1v) is 33.6. The maximum atomic E-state index is 12.9. The number of rotatable bonds is 59. The molecule has 0 heterocycles. The zero-order chi connectivity index (χ0) is 59.9. The fourth-order valence-electron chi connectivity index (χ4n) is 8.78. The molecular formula is C77H122O6. The highest BCUT2D eigenvalue weighted by Gasteiger charge is 2.19. The minimum atomic E-state index is -0.812. The molecule has 0 aromatic rings. The first-order chi connectivity index (χ1) is 41.0. The third kappa shape index (κ3) is 67.4. The molecule has 0 N–H and O–H groups in total. The van der Waals surface area contributed by atoms with Crippen LogP contribution in [0.25, 0.3) is 0 Å². The van der Waals surface area contributed by atoms with E-state index in [1.54, 1.807) is 0 Å². The predicted molar refractivity (Wildman–Crippen MR) is 361 cm³/mol. The summed E-state index contributed by atoms with van der Waals surface area (Å²) in [6.07, 6.45) is 102. The molecule has 6 nitrogen and oxygen atoms in total. The van der Waals surface area contributed by atoms with Crippen molar-refractivity contribution in [1.29, 1.82) is 0 Å². The average Bonchev–Trinajstić information content (AvgIpc) is 3.49. The smallest absolute Gasteiger partial charge is 0.306 e. The van der Waals surface area contributed by atoms with Gasteiger partial charge in [-0.1, -0.05) is 281 Å². The van der Waals surface area contributed by atoms with Crippen LogP contribution in [0.2, 0.25) is 0 Å². The monoisotopic (exact) mass is 1140 g/mol. The van der Waals surface area contributed by atoms with Crippen molar-refractivity contribution >= 4 is 17.9 Å². The molecule has 0 aliphatic carbocycles. The molecule has 0 saturated heterocycles. The van der Waals surface area contributed by atoms with Gasteiger partial charge >= 0.3 is 17.9 Å². The van der Waals surface area contributed by atoms with Gasteiger partial charge in [0.2, 0.25) is 0 Å². The zero-order valence-corrected chi connectivity index (χ0v) is 53.4. The van der Waals surface area contributed by atoms with Crippen LogP contribution in [0.5, 0.6) is 0 Å². The molecule has 0 spiro atoms. The normalized spacial score (nSPS) is 13.2. The van der Waals surface area contributed by atoms with Crippen LogP contribution in [0.4, 0.5) is 0 Å². The highest BCUT2D eigenvalue weighted by atomic mass is 16.6. The van der Waals surface area contributed by atoms with Gasteiger partial charge in [0.1, 0.15) is 13.2 Å². The Labute approximate surface area is 511 Å². The maximum absolute atomic E-state index is 12.9. The molecule has 466 valence electrons. The number of unbranched alkanes of at least 4 members (excludes halogenated alkanes) is 20. The number of esters is 3. The fraction of sp³-hybridized carbons (Fsp3) is 0.597. The highest BCUT2D eigenvalue weighted by Crippen LogP contribution is 2.15. The molecule has 0 bridgehead atoms. The molecule has 0 aromatic carbocycles. The van der Waals surface area contributed by atoms with Gasteiger partial charge in [-0.15, -0.1) is 0 Å². The summed E-state index contributed by atoms with van der Waals surface area (Å²) in [5.41, 5.74) is 0. The fourth-order valence-corrected chi connectivity index (χ4v) is 8.78. The minimum absolute atomic E-state index is 0.104. The van der Waals surface area contributed by atoms with Gasteiger partial charge in [0, 0.05) is 19.3 Å². The van der Waals surface area contributed by atoms with E-state index in [9.17, 15) is 14.4 Å². The van der Waals surface area contributed by atoms with Crippen molar-refractivity contribution in [3.05, 3.63) is 170 Å². The van der Waals surface area contributed by atoms with Crippen molar-refractivity contribution in [2.75, 3.05) is 13.2 Å². The molecule has 1 atom stereocenters. The summed E-state index contributed by atoms with van der Waals surface area (Å²) >= 11 is 0. The number of carbonyl (C=O) groups excluding carboxylic acids is 3. The van der Waals surface area contributed by atoms with E-state index in [0.717, 1.165) is 167 Å². The number of ether oxygens (including phenoxy) is 3. The molecule has 6 heteroatoms. The lowest BCUT2D eigenvalue weighted by molar-refractivity contribution is -0.167. The molecule has 0 aliphatic heterocycles. The predicted octanol–water partition coefficient (Wildman–Crippen LogP) is 23.4. The Morgan fingerprint density at radius 1 is 0.241 bits per heavy atom. The Bertz CT molecular complexity index is 1890. The van der Waals surface area contributed by atoms with Crippen molar-refractivity contribution in [1.82, 2.24) is 0 Å². The van der Waals surface area contributed by atoms with Gasteiger partial charge in [0.05, 0.1) is 0 Å². The zero-order valence-electron chi connectivity index (χ0n) is 53.4. The summed E-state index contributed by atoms with van der Waals surface area (Å²) in [5.74, 6) is -0.962. The van der Waals surface area contributed by atoms with Crippen LogP contribution < -0.4 is 0 Å². The van der Waals surface area contributed by atoms with Crippen LogP contribution in [0.3, 0.4) is 0 Å². The third-order valence-corrected chi connectivity index (χ3v) is 13.7. The standard InChI is InChI=1S/C77H122O6/c1-4-7-10-13-16-19-22-25-27-29-30-31-32-33-34-35-36-37-38-39-40-41-42-43-44-45-46-48-49-52-55-58-61-64-67-70-76(79)82-73-74(72-81-75(78)69-66-63-60-57-54-51-24-21-18-15-12-9-6-3)83-77(80)71-68-65-62-59-56-53-50-47-28-26-23-20-17-14-11-8-5-2/h7-12,16-21,25-28,30-31,33-34,36-37,39-40,50-51,53-54,74H,4-6,13-15,22-24,29,32,35,38,41-49,52,55-73H2,1-3H3/b10-7-,11-8-,12-9-,19-16-,20-17-,21-18-,27-25-,28-26-,31-30-,34-33-,37-36-,40-39-,53-50-,54-51-. The largest absolute Gasteiger partial charge is 0.462 e. The summed E-state index contributed by atoms with van der Waals surface area (Å²) in [7, 11) is 0. The Morgan fingerprint density at radius 2 is 0.434 bits per heavy atom. The third-order valence-electron chi connectivity index (χ3n) is 13.7. The molecule has 83 heavy (non-hydrogen) atoms. The molecular weight excluding hydrogens is 1020 g/mol. The van der Waals surface area contributed by atoms with E-state index in [0.29, 0.717) is 12.8 Å². The first-order valence-electron chi connectivity index (χ1n) is 33.6. The highest BCUT2D eigenvalue weighted by molar-refractivity contribution is 5.71. The number of hydrogen-bond donors (Lipinski definition) is 0. The molecule has 0 aromatic heterocycles. The van der Waals surface area contributed by atoms with E-state index in [4.69, 9.17) is 14.2 Å². The van der Waals surface area contributed by atoms with Crippen molar-refractivity contribution in [2.45, 2.75) is 284 Å². The van der Waals surface area contributed by atoms with Crippen LogP contribution in [-0.4, -0.2) is 37.2 Å². The SMILES string of the molecule is CC/C=C\C/C=C\C/C=C\C/C=C\C/C=C\C/C=C\C/C=C\CCCCCCCCCCCCCCCC(=O)OCC(COC(=O)CCCCC/C=C\C/C=C\C/C=C\CC)OC(=O)CCCCCC/C=C\C/C=C\C/C=C\C/C=C\CC. The van der Waals surface area contributed by atoms with E-state index in [1.807, 2.05) is 0 Å². The van der Waals surface area contributed by atoms with Crippen LogP contribution in [0.15, 0.2) is 170 Å². The lowest BCUT2D eigenvalue weighted by Crippen LogP contribution is -2.30. The van der Waals surface area contributed by atoms with E-state index >= 15 is 0 Å². The van der Waals surface area contributed by atoms with Crippen molar-refractivity contribution < 1.29 is 28.6 Å². The van der Waals surface area contributed by atoms with E-state index in [-0.39, 0.29) is 37.5 Å². The first kappa shape index (κ1) is 77.8. The Kier molecular flexibility index (Phi) is 64.9. The molecule has 0 fully saturated rings. The van der Waals surface area contributed by atoms with Crippen LogP contribution in [0, 0.1) is 0 Å². The second kappa shape index (κ2) is 69.3. The molecule has 1 unspecified atom stereocenters. The summed E-state index contributed by atoms with van der Waals surface area (Å²) in [5, 5.41) is 0. The van der Waals surface area contributed by atoms with Crippen molar-refractivity contribution in [2.24, 2.45) is 0 Å². The quantitative estimate of drug-likeness (QED) is 0.0261. The van der Waals surface area contributed by atoms with Crippen LogP contribution >= 0.6 is 0 Å². The Morgan fingerprint density at radius 3 is 0.687 bits per heavy atom. The van der Waals surface area contributed by atoms with Gasteiger partial charge in [-0.2, -0.15) is 0 Å². The van der Waals surface area contributed by atoms with Crippen molar-refractivity contribution in [3.8, 4) is 0 Å². The number of carbonyl (C=O) groups is 3. The van der Waals surface area contributed by atoms with Crippen molar-refractivity contribution in [3.63, 3.8) is 0 Å². The Balaban J connectivity index is 4.26. The second-order valence-corrected chi connectivity index (χ2v) is 21.6. The summed E-state index contributed by atoms with van der Waals surface area (Å²) in [6, 6.07) is 0. The summed E-state index contributed by atoms with van der Waals surface area (Å²) in [4.78, 5) is 38.3. The summed E-state index contributed by atoms with van der Waals surface area (Å²) < 4.78 is 16.9. The summed E-state index contributed by atoms with van der Waals surface area (Å²) in [6.45, 7) is 6.25. The number of hydrogen-bond acceptors (Lipinski definition) is 6. The average molecular weight is 1140 g/mol. The molecule has 0 amide bonds. The maximum Gasteiger partial charge on any atom is 0.306 e. The van der Waals surface area contributed by atoms with E-state index in [1.165, 1.54) is 70.6 Å². The Hall–Kier alpha value is -5.23. The second-order valence-electron chi connectivity index (χ2n) is 21.6. The van der Waals surface area contributed by atoms with Crippen LogP contribution in [-0.2, 0) is 28.6 Å². The van der Waals surface area contributed by atoms with Gasteiger partial charge in [-0.25, -0.2) is 0 Å². The van der Waals surface area contributed by atoms with Gasteiger partial charge in [0.25, 0.3) is 0 Å². The van der Waals surface area contributed by atoms with E-state index in [2.05, 4.69) is 191 Å². The van der Waals surface area contributed by atoms with E-state index < -0.39 is 6.10 Å². The topological polar surface area (TPSA) is 78.9 Å². The molecule has 0 radical (unpaired) electrons. The molecule has 0 saturated carbocycles. The molecule has 0 aliphatic rings. The van der Waals surface area contributed by atoms with Gasteiger partial charge in [0.15, 0.2) is 6.10 Å². The van der Waals surface area contributed by atoms with Crippen LogP contribution in [0.1, 0.15) is 278 Å². The molecule has 0 rings (SSSR count). The minimum Gasteiger partial charge on any atom is -0.462 e. The lowest BCUT2D eigenvalue weighted by Gasteiger charge is -2.18. The van der Waals surface area contributed by atoms with Gasteiger partial charge in [-0.3, -0.25) is 14.4 Å². The van der Waals surface area contributed by atoms with Gasteiger partial charge < -0.3 is 14.2 Å². The van der Waals surface area contributed by atoms with Gasteiger partial charge in [-0.05, 0) is 148 Å².